The molecule has 0 aliphatic heterocycles. The number of benzene rings is 1. The van der Waals surface area contributed by atoms with E-state index in [9.17, 15) is 0 Å². The molecular weight excluding hydrogens is 246 g/mol. The first-order valence-corrected chi connectivity index (χ1v) is 6.68. The van der Waals surface area contributed by atoms with Gasteiger partial charge in [0.1, 0.15) is 11.5 Å². The Bertz CT molecular complexity index is 394. The van der Waals surface area contributed by atoms with Gasteiger partial charge in [-0.25, -0.2) is 0 Å². The first kappa shape index (κ1) is 15.2. The van der Waals surface area contributed by atoms with Crippen LogP contribution in [0.5, 0.6) is 11.5 Å². The third-order valence-electron chi connectivity index (χ3n) is 3.20. The van der Waals surface area contributed by atoms with Crippen molar-refractivity contribution in [2.45, 2.75) is 19.4 Å². The molecule has 0 amide bonds. The molecule has 4 heteroatoms. The van der Waals surface area contributed by atoms with Crippen LogP contribution in [0.3, 0.4) is 0 Å². The Hall–Kier alpha value is -0.870. The molecule has 1 unspecified atom stereocenters. The molecule has 0 bridgehead atoms. The highest BCUT2D eigenvalue weighted by Gasteiger charge is 2.20. The SMILES string of the molecule is COc1ccc(C(CCS)N(C)C)c(OC)c1C. The van der Waals surface area contributed by atoms with Crippen molar-refractivity contribution in [2.75, 3.05) is 34.1 Å². The summed E-state index contributed by atoms with van der Waals surface area (Å²) in [5, 5.41) is 0. The number of hydrogen-bond donors (Lipinski definition) is 1. The topological polar surface area (TPSA) is 21.7 Å². The van der Waals surface area contributed by atoms with Crippen molar-refractivity contribution in [1.29, 1.82) is 0 Å². The second-order valence-corrected chi connectivity index (χ2v) is 4.95. The van der Waals surface area contributed by atoms with E-state index < -0.39 is 0 Å². The van der Waals surface area contributed by atoms with Crippen LogP contribution in [0.1, 0.15) is 23.6 Å². The summed E-state index contributed by atoms with van der Waals surface area (Å²) in [4.78, 5) is 2.19. The van der Waals surface area contributed by atoms with Gasteiger partial charge in [-0.15, -0.1) is 0 Å². The maximum absolute atomic E-state index is 5.56. The molecule has 0 radical (unpaired) electrons. The summed E-state index contributed by atoms with van der Waals surface area (Å²) in [6.45, 7) is 2.02. The first-order chi connectivity index (χ1) is 8.56. The predicted octanol–water partition coefficient (Wildman–Crippen LogP) is 2.93. The van der Waals surface area contributed by atoms with Gasteiger partial charge in [-0.1, -0.05) is 6.07 Å². The first-order valence-electron chi connectivity index (χ1n) is 6.05. The summed E-state index contributed by atoms with van der Waals surface area (Å²) in [7, 11) is 7.54. The number of ether oxygens (including phenoxy) is 2. The van der Waals surface area contributed by atoms with Gasteiger partial charge >= 0.3 is 0 Å². The quantitative estimate of drug-likeness (QED) is 0.803. The minimum atomic E-state index is 0.307. The summed E-state index contributed by atoms with van der Waals surface area (Å²) in [5.41, 5.74) is 2.23. The van der Waals surface area contributed by atoms with E-state index >= 15 is 0 Å². The van der Waals surface area contributed by atoms with E-state index in [1.54, 1.807) is 14.2 Å². The average Bonchev–Trinajstić information content (AvgIpc) is 2.35. The van der Waals surface area contributed by atoms with Gasteiger partial charge in [0.2, 0.25) is 0 Å². The molecule has 1 aromatic carbocycles. The van der Waals surface area contributed by atoms with Crippen LogP contribution in [0.25, 0.3) is 0 Å². The van der Waals surface area contributed by atoms with Crippen molar-refractivity contribution in [3.05, 3.63) is 23.3 Å². The predicted molar refractivity (Wildman–Crippen MR) is 79.2 cm³/mol. The van der Waals surface area contributed by atoms with Crippen molar-refractivity contribution >= 4 is 12.6 Å². The smallest absolute Gasteiger partial charge is 0.130 e. The third-order valence-corrected chi connectivity index (χ3v) is 3.45. The van der Waals surface area contributed by atoms with E-state index in [2.05, 4.69) is 37.7 Å². The molecule has 1 rings (SSSR count). The van der Waals surface area contributed by atoms with E-state index in [1.165, 1.54) is 5.56 Å². The van der Waals surface area contributed by atoms with Crippen LogP contribution >= 0.6 is 12.6 Å². The van der Waals surface area contributed by atoms with Gasteiger partial charge in [-0.2, -0.15) is 12.6 Å². The molecule has 0 N–H and O–H groups in total. The zero-order valence-corrected chi connectivity index (χ0v) is 12.8. The van der Waals surface area contributed by atoms with E-state index in [-0.39, 0.29) is 0 Å². The monoisotopic (exact) mass is 269 g/mol. The van der Waals surface area contributed by atoms with Gasteiger partial charge in [0.25, 0.3) is 0 Å². The Balaban J connectivity index is 3.25. The van der Waals surface area contributed by atoms with Crippen molar-refractivity contribution in [2.24, 2.45) is 0 Å². The number of nitrogens with zero attached hydrogens (tertiary/aromatic N) is 1. The lowest BCUT2D eigenvalue weighted by molar-refractivity contribution is 0.282. The molecule has 0 aromatic heterocycles. The molecule has 0 saturated carbocycles. The molecule has 18 heavy (non-hydrogen) atoms. The Morgan fingerprint density at radius 3 is 2.33 bits per heavy atom. The minimum absolute atomic E-state index is 0.307. The maximum atomic E-state index is 5.56. The average molecular weight is 269 g/mol. The third kappa shape index (κ3) is 3.12. The van der Waals surface area contributed by atoms with Crippen molar-refractivity contribution in [1.82, 2.24) is 4.90 Å². The van der Waals surface area contributed by atoms with Gasteiger partial charge in [0.15, 0.2) is 0 Å². The van der Waals surface area contributed by atoms with Crippen molar-refractivity contribution in [3.63, 3.8) is 0 Å². The molecule has 0 aliphatic carbocycles. The fourth-order valence-electron chi connectivity index (χ4n) is 2.26. The maximum Gasteiger partial charge on any atom is 0.130 e. The Labute approximate surface area is 115 Å². The van der Waals surface area contributed by atoms with Crippen LogP contribution in [-0.4, -0.2) is 39.0 Å². The number of methoxy groups -OCH3 is 2. The summed E-state index contributed by atoms with van der Waals surface area (Å²) in [5.74, 6) is 2.62. The van der Waals surface area contributed by atoms with Crippen LogP contribution in [-0.2, 0) is 0 Å². The Morgan fingerprint density at radius 2 is 1.89 bits per heavy atom. The zero-order valence-electron chi connectivity index (χ0n) is 11.9. The molecule has 0 aliphatic rings. The molecule has 0 saturated heterocycles. The second kappa shape index (κ2) is 6.90. The van der Waals surface area contributed by atoms with E-state index in [0.717, 1.165) is 29.2 Å². The highest BCUT2D eigenvalue weighted by atomic mass is 32.1. The lowest BCUT2D eigenvalue weighted by Gasteiger charge is -2.27. The summed E-state index contributed by atoms with van der Waals surface area (Å²) >= 11 is 4.34. The number of thiol groups is 1. The van der Waals surface area contributed by atoms with Crippen molar-refractivity contribution < 1.29 is 9.47 Å². The van der Waals surface area contributed by atoms with E-state index in [0.29, 0.717) is 6.04 Å². The largest absolute Gasteiger partial charge is 0.496 e. The molecule has 3 nitrogen and oxygen atoms in total. The van der Waals surface area contributed by atoms with E-state index in [1.807, 2.05) is 13.0 Å². The lowest BCUT2D eigenvalue weighted by atomic mass is 9.99. The molecule has 1 atom stereocenters. The lowest BCUT2D eigenvalue weighted by Crippen LogP contribution is -2.21. The fraction of sp³-hybridized carbons (Fsp3) is 0.571. The summed E-state index contributed by atoms with van der Waals surface area (Å²) in [6.07, 6.45) is 0.984. The standard InChI is InChI=1S/C14H23NO2S/c1-10-13(16-4)7-6-11(14(10)17-5)12(8-9-18)15(2)3/h6-7,12,18H,8-9H2,1-5H3. The van der Waals surface area contributed by atoms with Crippen LogP contribution in [0.15, 0.2) is 12.1 Å². The minimum Gasteiger partial charge on any atom is -0.496 e. The van der Waals surface area contributed by atoms with Crippen molar-refractivity contribution in [3.8, 4) is 11.5 Å². The van der Waals surface area contributed by atoms with Crippen LogP contribution in [0.2, 0.25) is 0 Å². The highest BCUT2D eigenvalue weighted by Crippen LogP contribution is 2.37. The zero-order chi connectivity index (χ0) is 13.7. The Kier molecular flexibility index (Phi) is 5.82. The van der Waals surface area contributed by atoms with Gasteiger partial charge in [-0.3, -0.25) is 0 Å². The van der Waals surface area contributed by atoms with Crippen LogP contribution in [0, 0.1) is 6.92 Å². The summed E-state index contributed by atoms with van der Waals surface area (Å²) < 4.78 is 10.9. The number of rotatable bonds is 6. The van der Waals surface area contributed by atoms with Crippen LogP contribution < -0.4 is 9.47 Å². The van der Waals surface area contributed by atoms with Gasteiger partial charge < -0.3 is 14.4 Å². The molecular formula is C14H23NO2S. The summed E-state index contributed by atoms with van der Waals surface area (Å²) in [6, 6.07) is 4.39. The molecule has 1 aromatic rings. The molecule has 0 spiro atoms. The van der Waals surface area contributed by atoms with Gasteiger partial charge in [0.05, 0.1) is 14.2 Å². The molecule has 0 fully saturated rings. The van der Waals surface area contributed by atoms with Gasteiger partial charge in [-0.05, 0) is 39.3 Å². The number of hydrogen-bond acceptors (Lipinski definition) is 4. The van der Waals surface area contributed by atoms with Gasteiger partial charge in [0, 0.05) is 17.2 Å². The molecule has 0 heterocycles. The fourth-order valence-corrected chi connectivity index (χ4v) is 2.51. The normalized spacial score (nSPS) is 12.6. The highest BCUT2D eigenvalue weighted by molar-refractivity contribution is 7.80. The van der Waals surface area contributed by atoms with Crippen LogP contribution in [0.4, 0.5) is 0 Å². The molecule has 102 valence electrons. The Morgan fingerprint density at radius 1 is 1.22 bits per heavy atom. The van der Waals surface area contributed by atoms with E-state index in [4.69, 9.17) is 9.47 Å². The second-order valence-electron chi connectivity index (χ2n) is 4.51.